The summed E-state index contributed by atoms with van der Waals surface area (Å²) >= 11 is 0. The lowest BCUT2D eigenvalue weighted by Gasteiger charge is -2.24. The smallest absolute Gasteiger partial charge is 0.259 e. The molecule has 144 valence electrons. The maximum absolute atomic E-state index is 14.0. The first-order chi connectivity index (χ1) is 13.0. The Morgan fingerprint density at radius 2 is 2.22 bits per heavy atom. The molecule has 1 aromatic carbocycles. The molecule has 0 spiro atoms. The number of benzene rings is 1. The zero-order valence-electron chi connectivity index (χ0n) is 15.4. The Hall–Kier alpha value is -2.90. The van der Waals surface area contributed by atoms with Gasteiger partial charge in [0.2, 0.25) is 5.91 Å². The van der Waals surface area contributed by atoms with Crippen LogP contribution >= 0.6 is 0 Å². The van der Waals surface area contributed by atoms with Crippen molar-refractivity contribution in [3.63, 3.8) is 0 Å². The fourth-order valence-corrected chi connectivity index (χ4v) is 3.20. The molecule has 1 atom stereocenters. The maximum Gasteiger partial charge on any atom is 0.259 e. The normalized spacial score (nSPS) is 15.7. The molecule has 8 heteroatoms. The largest absolute Gasteiger partial charge is 0.491 e. The van der Waals surface area contributed by atoms with Crippen LogP contribution in [-0.4, -0.2) is 34.7 Å². The van der Waals surface area contributed by atoms with Crippen molar-refractivity contribution < 1.29 is 18.7 Å². The molecule has 0 fully saturated rings. The van der Waals surface area contributed by atoms with E-state index in [0.29, 0.717) is 37.4 Å². The molecule has 3 rings (SSSR count). The van der Waals surface area contributed by atoms with E-state index >= 15 is 0 Å². The quantitative estimate of drug-likeness (QED) is 0.813. The Kier molecular flexibility index (Phi) is 5.73. The number of carbonyl (C=O) groups is 2. The van der Waals surface area contributed by atoms with Gasteiger partial charge in [0.15, 0.2) is 11.6 Å². The van der Waals surface area contributed by atoms with E-state index in [-0.39, 0.29) is 23.5 Å². The van der Waals surface area contributed by atoms with E-state index < -0.39 is 5.82 Å². The number of nitrogens with zero attached hydrogens (tertiary/aromatic N) is 2. The van der Waals surface area contributed by atoms with Crippen molar-refractivity contribution in [1.29, 1.82) is 0 Å². The number of halogens is 1. The van der Waals surface area contributed by atoms with Gasteiger partial charge >= 0.3 is 0 Å². The molecule has 2 amide bonds. The van der Waals surface area contributed by atoms with E-state index in [1.807, 2.05) is 4.68 Å². The molecule has 27 heavy (non-hydrogen) atoms. The van der Waals surface area contributed by atoms with Crippen LogP contribution in [0.4, 0.5) is 10.1 Å². The lowest BCUT2D eigenvalue weighted by molar-refractivity contribution is -0.119. The second-order valence-electron chi connectivity index (χ2n) is 6.56. The Labute approximate surface area is 156 Å². The van der Waals surface area contributed by atoms with Crippen LogP contribution in [0, 0.1) is 11.7 Å². The molecule has 0 aliphatic carbocycles. The lowest BCUT2D eigenvalue weighted by Crippen LogP contribution is -2.32. The first kappa shape index (κ1) is 18.9. The van der Waals surface area contributed by atoms with Gasteiger partial charge in [-0.3, -0.25) is 14.3 Å². The highest BCUT2D eigenvalue weighted by molar-refractivity contribution is 6.05. The molecule has 1 aliphatic heterocycles. The van der Waals surface area contributed by atoms with Gasteiger partial charge in [-0.15, -0.1) is 0 Å². The molecule has 7 nitrogen and oxygen atoms in total. The molecular formula is C19H23FN4O3. The number of hydrogen-bond acceptors (Lipinski definition) is 4. The minimum absolute atomic E-state index is 0.0652. The molecular weight excluding hydrogens is 351 g/mol. The van der Waals surface area contributed by atoms with Gasteiger partial charge in [0.1, 0.15) is 0 Å². The second-order valence-corrected chi connectivity index (χ2v) is 6.56. The monoisotopic (exact) mass is 374 g/mol. The summed E-state index contributed by atoms with van der Waals surface area (Å²) in [6.45, 7) is 4.90. The molecule has 2 aromatic rings. The SMILES string of the molecule is CCOc1ccc(NC(=O)c2cnn3c2C[C@H](CNC(C)=O)CC3)cc1F. The van der Waals surface area contributed by atoms with Crippen molar-refractivity contribution in [1.82, 2.24) is 15.1 Å². The van der Waals surface area contributed by atoms with E-state index in [4.69, 9.17) is 4.74 Å². The number of aryl methyl sites for hydroxylation is 1. The Morgan fingerprint density at radius 1 is 1.41 bits per heavy atom. The zero-order chi connectivity index (χ0) is 19.4. The first-order valence-electron chi connectivity index (χ1n) is 9.00. The summed E-state index contributed by atoms with van der Waals surface area (Å²) in [6, 6.07) is 4.32. The Bertz CT molecular complexity index is 849. The van der Waals surface area contributed by atoms with Crippen LogP contribution in [0.1, 0.15) is 36.3 Å². The van der Waals surface area contributed by atoms with Gasteiger partial charge in [-0.1, -0.05) is 0 Å². The third-order valence-corrected chi connectivity index (χ3v) is 4.55. The zero-order valence-corrected chi connectivity index (χ0v) is 15.4. The van der Waals surface area contributed by atoms with Crippen molar-refractivity contribution in [2.24, 2.45) is 5.92 Å². The summed E-state index contributed by atoms with van der Waals surface area (Å²) in [7, 11) is 0. The molecule has 2 N–H and O–H groups in total. The average molecular weight is 374 g/mol. The van der Waals surface area contributed by atoms with Crippen molar-refractivity contribution in [3.8, 4) is 5.75 Å². The van der Waals surface area contributed by atoms with E-state index in [2.05, 4.69) is 15.7 Å². The van der Waals surface area contributed by atoms with Crippen molar-refractivity contribution >= 4 is 17.5 Å². The van der Waals surface area contributed by atoms with Gasteiger partial charge in [0.25, 0.3) is 5.91 Å². The number of hydrogen-bond donors (Lipinski definition) is 2. The molecule has 0 saturated carbocycles. The number of amides is 2. The van der Waals surface area contributed by atoms with Gasteiger partial charge in [0.05, 0.1) is 24.1 Å². The number of carbonyl (C=O) groups excluding carboxylic acids is 2. The van der Waals surface area contributed by atoms with Gasteiger partial charge < -0.3 is 15.4 Å². The first-order valence-corrected chi connectivity index (χ1v) is 9.00. The van der Waals surface area contributed by atoms with E-state index in [1.165, 1.54) is 25.3 Å². The molecule has 0 bridgehead atoms. The Morgan fingerprint density at radius 3 is 2.93 bits per heavy atom. The number of rotatable bonds is 6. The molecule has 0 saturated heterocycles. The number of ether oxygens (including phenoxy) is 1. The topological polar surface area (TPSA) is 85.2 Å². The maximum atomic E-state index is 14.0. The van der Waals surface area contributed by atoms with Crippen molar-refractivity contribution in [2.45, 2.75) is 33.2 Å². The molecule has 1 aliphatic rings. The minimum atomic E-state index is -0.526. The molecule has 0 radical (unpaired) electrons. The highest BCUT2D eigenvalue weighted by Crippen LogP contribution is 2.25. The van der Waals surface area contributed by atoms with Crippen LogP contribution in [0.5, 0.6) is 5.75 Å². The van der Waals surface area contributed by atoms with Crippen LogP contribution in [0.15, 0.2) is 24.4 Å². The molecule has 1 aromatic heterocycles. The van der Waals surface area contributed by atoms with Gasteiger partial charge in [-0.25, -0.2) is 4.39 Å². The number of fused-ring (bicyclic) bond motifs is 1. The average Bonchev–Trinajstić information content (AvgIpc) is 3.05. The summed E-state index contributed by atoms with van der Waals surface area (Å²) in [4.78, 5) is 23.8. The van der Waals surface area contributed by atoms with Crippen LogP contribution in [0.3, 0.4) is 0 Å². The van der Waals surface area contributed by atoms with Gasteiger partial charge in [-0.2, -0.15) is 5.10 Å². The summed E-state index contributed by atoms with van der Waals surface area (Å²) < 4.78 is 21.0. The predicted octanol–water partition coefficient (Wildman–Crippen LogP) is 2.37. The van der Waals surface area contributed by atoms with Crippen LogP contribution in [0.25, 0.3) is 0 Å². The highest BCUT2D eigenvalue weighted by atomic mass is 19.1. The van der Waals surface area contributed by atoms with E-state index in [9.17, 15) is 14.0 Å². The van der Waals surface area contributed by atoms with Crippen molar-refractivity contribution in [3.05, 3.63) is 41.5 Å². The summed E-state index contributed by atoms with van der Waals surface area (Å²) in [6.07, 6.45) is 3.08. The fraction of sp³-hybridized carbons (Fsp3) is 0.421. The third-order valence-electron chi connectivity index (χ3n) is 4.55. The number of nitrogens with one attached hydrogen (secondary N) is 2. The van der Waals surface area contributed by atoms with Crippen LogP contribution in [0.2, 0.25) is 0 Å². The van der Waals surface area contributed by atoms with Crippen LogP contribution < -0.4 is 15.4 Å². The summed E-state index contributed by atoms with van der Waals surface area (Å²) in [5.41, 5.74) is 1.66. The molecule has 0 unspecified atom stereocenters. The van der Waals surface area contributed by atoms with Gasteiger partial charge in [-0.05, 0) is 37.8 Å². The standard InChI is InChI=1S/C19H23FN4O3/c1-3-27-18-5-4-14(9-16(18)20)23-19(26)15-11-22-24-7-6-13(8-17(15)24)10-21-12(2)25/h4-5,9,11,13H,3,6-8,10H2,1-2H3,(H,21,25)(H,23,26)/t13-/m1/s1. The second kappa shape index (κ2) is 8.20. The van der Waals surface area contributed by atoms with Crippen LogP contribution in [-0.2, 0) is 17.8 Å². The fourth-order valence-electron chi connectivity index (χ4n) is 3.20. The lowest BCUT2D eigenvalue weighted by atomic mass is 9.94. The molecule has 2 heterocycles. The van der Waals surface area contributed by atoms with E-state index in [1.54, 1.807) is 13.0 Å². The summed E-state index contributed by atoms with van der Waals surface area (Å²) in [5, 5.41) is 9.82. The third kappa shape index (κ3) is 4.45. The minimum Gasteiger partial charge on any atom is -0.491 e. The number of aromatic nitrogens is 2. The highest BCUT2D eigenvalue weighted by Gasteiger charge is 2.25. The number of anilines is 1. The van der Waals surface area contributed by atoms with E-state index in [0.717, 1.165) is 12.1 Å². The Balaban J connectivity index is 1.71. The van der Waals surface area contributed by atoms with Crippen molar-refractivity contribution in [2.75, 3.05) is 18.5 Å². The summed E-state index contributed by atoms with van der Waals surface area (Å²) in [5.74, 6) is -0.515. The predicted molar refractivity (Wildman–Crippen MR) is 98.2 cm³/mol. The van der Waals surface area contributed by atoms with Gasteiger partial charge in [0, 0.05) is 31.8 Å².